The van der Waals surface area contributed by atoms with Gasteiger partial charge < -0.3 is 10.1 Å². The summed E-state index contributed by atoms with van der Waals surface area (Å²) in [6.45, 7) is 3.78. The van der Waals surface area contributed by atoms with Gasteiger partial charge in [-0.25, -0.2) is 4.98 Å². The fraction of sp³-hybridized carbons (Fsp3) is 0.200. The molecule has 1 N–H and O–H groups in total. The summed E-state index contributed by atoms with van der Waals surface area (Å²) in [6, 6.07) is 13.1. The van der Waals surface area contributed by atoms with Crippen molar-refractivity contribution in [3.05, 3.63) is 65.4 Å². The molecule has 1 amide bonds. The van der Waals surface area contributed by atoms with Crippen molar-refractivity contribution in [3.63, 3.8) is 0 Å². The maximum atomic E-state index is 12.6. The van der Waals surface area contributed by atoms with Crippen LogP contribution in [0.15, 0.2) is 60.0 Å². The fourth-order valence-corrected chi connectivity index (χ4v) is 3.55. The average Bonchev–Trinajstić information content (AvgIpc) is 3.12. The smallest absolute Gasteiger partial charge is 0.237 e. The van der Waals surface area contributed by atoms with Crippen molar-refractivity contribution in [2.24, 2.45) is 0 Å². The van der Waals surface area contributed by atoms with E-state index in [1.807, 2.05) is 54.9 Å². The number of aromatic nitrogens is 2. The highest BCUT2D eigenvalue weighted by Crippen LogP contribution is 2.27. The highest BCUT2D eigenvalue weighted by Gasteiger charge is 2.18. The van der Waals surface area contributed by atoms with Gasteiger partial charge in [0.2, 0.25) is 5.91 Å². The van der Waals surface area contributed by atoms with Crippen molar-refractivity contribution in [2.75, 3.05) is 12.4 Å². The Labute approximate surface area is 167 Å². The van der Waals surface area contributed by atoms with Gasteiger partial charge in [0.05, 0.1) is 12.4 Å². The van der Waals surface area contributed by atoms with E-state index in [0.29, 0.717) is 5.02 Å². The summed E-state index contributed by atoms with van der Waals surface area (Å²) in [5.41, 5.74) is 2.64. The van der Waals surface area contributed by atoms with Crippen molar-refractivity contribution in [1.82, 2.24) is 9.55 Å². The van der Waals surface area contributed by atoms with Crippen LogP contribution >= 0.6 is 23.4 Å². The van der Waals surface area contributed by atoms with Crippen LogP contribution in [-0.4, -0.2) is 27.8 Å². The van der Waals surface area contributed by atoms with E-state index in [9.17, 15) is 4.79 Å². The lowest BCUT2D eigenvalue weighted by atomic mass is 10.2. The van der Waals surface area contributed by atoms with Crippen LogP contribution in [-0.2, 0) is 4.79 Å². The number of thioether (sulfide) groups is 1. The Bertz CT molecular complexity index is 941. The molecule has 0 spiro atoms. The molecule has 7 heteroatoms. The Morgan fingerprint density at radius 3 is 2.70 bits per heavy atom. The molecule has 0 aliphatic heterocycles. The molecule has 3 aromatic rings. The number of carbonyl (C=O) groups excluding carboxylic acids is 1. The normalized spacial score (nSPS) is 11.9. The summed E-state index contributed by atoms with van der Waals surface area (Å²) in [5, 5.41) is 3.94. The number of carbonyl (C=O) groups is 1. The van der Waals surface area contributed by atoms with Gasteiger partial charge in [-0.1, -0.05) is 29.4 Å². The van der Waals surface area contributed by atoms with E-state index in [1.54, 1.807) is 25.4 Å². The molecule has 0 bridgehead atoms. The van der Waals surface area contributed by atoms with Crippen LogP contribution in [0.25, 0.3) is 5.69 Å². The number of hydrogen-bond donors (Lipinski definition) is 1. The standard InChI is InChI=1S/C20H20ClN3O2S/c1-13-4-5-15(21)12-18(13)23-19(25)14(2)27-20-22-10-11-24(20)16-6-8-17(26-3)9-7-16/h4-12,14H,1-3H3,(H,23,25). The van der Waals surface area contributed by atoms with Gasteiger partial charge in [-0.15, -0.1) is 0 Å². The second-order valence-corrected chi connectivity index (χ2v) is 7.73. The molecule has 3 rings (SSSR count). The Balaban J connectivity index is 1.72. The Hall–Kier alpha value is -2.44. The van der Waals surface area contributed by atoms with Crippen LogP contribution in [0, 0.1) is 6.92 Å². The van der Waals surface area contributed by atoms with Crippen LogP contribution in [0.3, 0.4) is 0 Å². The minimum Gasteiger partial charge on any atom is -0.497 e. The third-order valence-electron chi connectivity index (χ3n) is 4.07. The van der Waals surface area contributed by atoms with E-state index >= 15 is 0 Å². The average molecular weight is 402 g/mol. The van der Waals surface area contributed by atoms with Crippen molar-refractivity contribution < 1.29 is 9.53 Å². The zero-order valence-electron chi connectivity index (χ0n) is 15.3. The molecule has 5 nitrogen and oxygen atoms in total. The summed E-state index contributed by atoms with van der Waals surface area (Å²) in [7, 11) is 1.63. The molecule has 140 valence electrons. The van der Waals surface area contributed by atoms with Gasteiger partial charge in [0.15, 0.2) is 5.16 Å². The number of nitrogens with zero attached hydrogens (tertiary/aromatic N) is 2. The lowest BCUT2D eigenvalue weighted by molar-refractivity contribution is -0.115. The minimum absolute atomic E-state index is 0.102. The molecule has 27 heavy (non-hydrogen) atoms. The zero-order valence-corrected chi connectivity index (χ0v) is 16.8. The molecular weight excluding hydrogens is 382 g/mol. The number of benzene rings is 2. The highest BCUT2D eigenvalue weighted by molar-refractivity contribution is 8.00. The number of imidazole rings is 1. The molecule has 0 radical (unpaired) electrons. The molecule has 1 aromatic heterocycles. The van der Waals surface area contributed by atoms with Crippen LogP contribution in [0.2, 0.25) is 5.02 Å². The van der Waals surface area contributed by atoms with Crippen molar-refractivity contribution >= 4 is 35.0 Å². The van der Waals surface area contributed by atoms with Gasteiger partial charge in [0, 0.05) is 28.8 Å². The Morgan fingerprint density at radius 2 is 2.00 bits per heavy atom. The molecule has 0 saturated heterocycles. The van der Waals surface area contributed by atoms with E-state index < -0.39 is 0 Å². The largest absolute Gasteiger partial charge is 0.497 e. The number of hydrogen-bond acceptors (Lipinski definition) is 4. The Kier molecular flexibility index (Phi) is 6.08. The van der Waals surface area contributed by atoms with Crippen LogP contribution in [0.1, 0.15) is 12.5 Å². The van der Waals surface area contributed by atoms with Gasteiger partial charge in [-0.05, 0) is 55.8 Å². The Morgan fingerprint density at radius 1 is 1.26 bits per heavy atom. The van der Waals surface area contributed by atoms with Crippen LogP contribution < -0.4 is 10.1 Å². The predicted octanol–water partition coefficient (Wildman–Crippen LogP) is 4.96. The SMILES string of the molecule is COc1ccc(-n2ccnc2SC(C)C(=O)Nc2cc(Cl)ccc2C)cc1. The molecule has 0 aliphatic carbocycles. The molecule has 2 aromatic carbocycles. The molecule has 0 fully saturated rings. The summed E-state index contributed by atoms with van der Waals surface area (Å²) < 4.78 is 7.14. The first-order chi connectivity index (χ1) is 13.0. The first kappa shape index (κ1) is 19.3. The molecule has 1 unspecified atom stereocenters. The predicted molar refractivity (Wildman–Crippen MR) is 110 cm³/mol. The van der Waals surface area contributed by atoms with E-state index in [1.165, 1.54) is 11.8 Å². The maximum absolute atomic E-state index is 12.6. The van der Waals surface area contributed by atoms with E-state index in [2.05, 4.69) is 10.3 Å². The molecule has 1 heterocycles. The van der Waals surface area contributed by atoms with E-state index in [0.717, 1.165) is 27.8 Å². The lowest BCUT2D eigenvalue weighted by Crippen LogP contribution is -2.23. The number of nitrogens with one attached hydrogen (secondary N) is 1. The van der Waals surface area contributed by atoms with Crippen LogP contribution in [0.4, 0.5) is 5.69 Å². The van der Waals surface area contributed by atoms with Crippen molar-refractivity contribution in [2.45, 2.75) is 24.3 Å². The first-order valence-electron chi connectivity index (χ1n) is 8.39. The second-order valence-electron chi connectivity index (χ2n) is 5.99. The van der Waals surface area contributed by atoms with Gasteiger partial charge >= 0.3 is 0 Å². The van der Waals surface area contributed by atoms with Crippen LogP contribution in [0.5, 0.6) is 5.75 Å². The lowest BCUT2D eigenvalue weighted by Gasteiger charge is -2.14. The molecular formula is C20H20ClN3O2S. The number of amides is 1. The van der Waals surface area contributed by atoms with E-state index in [-0.39, 0.29) is 11.2 Å². The summed E-state index contributed by atoms with van der Waals surface area (Å²) in [4.78, 5) is 17.0. The number of anilines is 1. The zero-order chi connectivity index (χ0) is 19.4. The summed E-state index contributed by atoms with van der Waals surface area (Å²) >= 11 is 7.42. The number of halogens is 1. The van der Waals surface area contributed by atoms with E-state index in [4.69, 9.17) is 16.3 Å². The van der Waals surface area contributed by atoms with Crippen molar-refractivity contribution in [1.29, 1.82) is 0 Å². The highest BCUT2D eigenvalue weighted by atomic mass is 35.5. The maximum Gasteiger partial charge on any atom is 0.237 e. The van der Waals surface area contributed by atoms with Gasteiger partial charge in [-0.2, -0.15) is 0 Å². The fourth-order valence-electron chi connectivity index (χ4n) is 2.49. The number of rotatable bonds is 6. The monoisotopic (exact) mass is 401 g/mol. The molecule has 1 atom stereocenters. The number of methoxy groups -OCH3 is 1. The third-order valence-corrected chi connectivity index (χ3v) is 5.38. The van der Waals surface area contributed by atoms with Gasteiger partial charge in [-0.3, -0.25) is 9.36 Å². The molecule has 0 aliphatic rings. The summed E-state index contributed by atoms with van der Waals surface area (Å²) in [5.74, 6) is 0.687. The second kappa shape index (κ2) is 8.50. The quantitative estimate of drug-likeness (QED) is 0.593. The minimum atomic E-state index is -0.331. The number of ether oxygens (including phenoxy) is 1. The first-order valence-corrected chi connectivity index (χ1v) is 9.65. The third kappa shape index (κ3) is 4.64. The topological polar surface area (TPSA) is 56.2 Å². The molecule has 0 saturated carbocycles. The van der Waals surface area contributed by atoms with Crippen molar-refractivity contribution in [3.8, 4) is 11.4 Å². The van der Waals surface area contributed by atoms with Gasteiger partial charge in [0.25, 0.3) is 0 Å². The van der Waals surface area contributed by atoms with Gasteiger partial charge in [0.1, 0.15) is 5.75 Å². The number of aryl methyl sites for hydroxylation is 1. The summed E-state index contributed by atoms with van der Waals surface area (Å²) in [6.07, 6.45) is 3.59.